The lowest BCUT2D eigenvalue weighted by Gasteiger charge is -2.13. The summed E-state index contributed by atoms with van der Waals surface area (Å²) < 4.78 is 36.8. The van der Waals surface area contributed by atoms with Crippen LogP contribution in [0.3, 0.4) is 0 Å². The van der Waals surface area contributed by atoms with Crippen LogP contribution in [-0.2, 0) is 16.7 Å². The number of ether oxygens (including phenoxy) is 2. The molecular formula is C11H14N2O5S. The first-order chi connectivity index (χ1) is 8.91. The summed E-state index contributed by atoms with van der Waals surface area (Å²) in [5, 5.41) is 13.4. The number of hydrogen-bond donors (Lipinski definition) is 1. The topological polar surface area (TPSA) is 112 Å². The number of nitrogens with zero attached hydrogens (tertiary/aromatic N) is 1. The Morgan fingerprint density at radius 3 is 2.26 bits per heavy atom. The third kappa shape index (κ3) is 4.31. The molecule has 8 heteroatoms. The van der Waals surface area contributed by atoms with Crippen LogP contribution in [0.5, 0.6) is 17.2 Å². The number of nitrogens with two attached hydrogens (primary N) is 1. The minimum absolute atomic E-state index is 0.0235. The van der Waals surface area contributed by atoms with Gasteiger partial charge in [0.15, 0.2) is 17.2 Å². The fourth-order valence-electron chi connectivity index (χ4n) is 1.49. The predicted molar refractivity (Wildman–Crippen MR) is 67.2 cm³/mol. The van der Waals surface area contributed by atoms with E-state index in [1.165, 1.54) is 20.3 Å². The standard InChI is InChI=1S/C11H14N2O5S/c1-16-10-6-8(4-3-5-12)9(7-11(10)17-2)18-19(13,14)15/h6-7H,3-4H2,1-2H3,(H2,13,14,15). The molecule has 0 aliphatic rings. The zero-order valence-electron chi connectivity index (χ0n) is 10.5. The average Bonchev–Trinajstić information content (AvgIpc) is 2.34. The van der Waals surface area contributed by atoms with E-state index in [1.54, 1.807) is 6.07 Å². The van der Waals surface area contributed by atoms with Crippen molar-refractivity contribution in [3.63, 3.8) is 0 Å². The van der Waals surface area contributed by atoms with Crippen LogP contribution in [0.2, 0.25) is 0 Å². The van der Waals surface area contributed by atoms with Crippen LogP contribution in [-0.4, -0.2) is 22.6 Å². The Kier molecular flexibility index (Phi) is 4.97. The quantitative estimate of drug-likeness (QED) is 0.825. The van der Waals surface area contributed by atoms with Gasteiger partial charge < -0.3 is 13.7 Å². The van der Waals surface area contributed by atoms with Gasteiger partial charge in [-0.05, 0) is 12.5 Å². The van der Waals surface area contributed by atoms with Crippen molar-refractivity contribution in [3.8, 4) is 23.3 Å². The number of nitriles is 1. The molecule has 0 amide bonds. The summed E-state index contributed by atoms with van der Waals surface area (Å²) in [7, 11) is -1.29. The second kappa shape index (κ2) is 6.26. The van der Waals surface area contributed by atoms with Crippen molar-refractivity contribution in [1.82, 2.24) is 0 Å². The zero-order valence-corrected chi connectivity index (χ0v) is 11.4. The molecule has 1 rings (SSSR count). The molecule has 0 saturated heterocycles. The van der Waals surface area contributed by atoms with E-state index in [0.29, 0.717) is 23.5 Å². The van der Waals surface area contributed by atoms with Gasteiger partial charge in [0, 0.05) is 18.1 Å². The highest BCUT2D eigenvalue weighted by molar-refractivity contribution is 7.84. The third-order valence-corrected chi connectivity index (χ3v) is 2.69. The maximum absolute atomic E-state index is 11.0. The van der Waals surface area contributed by atoms with Crippen LogP contribution < -0.4 is 18.8 Å². The Morgan fingerprint density at radius 2 is 1.79 bits per heavy atom. The Balaban J connectivity index is 3.27. The summed E-state index contributed by atoms with van der Waals surface area (Å²) in [5.41, 5.74) is 0.494. The van der Waals surface area contributed by atoms with Crippen LogP contribution in [0.4, 0.5) is 0 Å². The monoisotopic (exact) mass is 286 g/mol. The summed E-state index contributed by atoms with van der Waals surface area (Å²) in [6, 6.07) is 4.87. The molecule has 1 aromatic rings. The fourth-order valence-corrected chi connectivity index (χ4v) is 1.90. The fraction of sp³-hybridized carbons (Fsp3) is 0.364. The number of hydrogen-bond acceptors (Lipinski definition) is 6. The molecule has 0 heterocycles. The van der Waals surface area contributed by atoms with Crippen molar-refractivity contribution >= 4 is 10.3 Å². The number of benzene rings is 1. The highest BCUT2D eigenvalue weighted by atomic mass is 32.2. The molecule has 0 radical (unpaired) electrons. The van der Waals surface area contributed by atoms with Gasteiger partial charge in [-0.25, -0.2) is 0 Å². The first-order valence-electron chi connectivity index (χ1n) is 5.25. The van der Waals surface area contributed by atoms with E-state index >= 15 is 0 Å². The molecule has 0 atom stereocenters. The van der Waals surface area contributed by atoms with E-state index in [9.17, 15) is 8.42 Å². The van der Waals surface area contributed by atoms with Gasteiger partial charge in [0.25, 0.3) is 0 Å². The van der Waals surface area contributed by atoms with Gasteiger partial charge >= 0.3 is 10.3 Å². The van der Waals surface area contributed by atoms with E-state index < -0.39 is 10.3 Å². The molecule has 0 bridgehead atoms. The van der Waals surface area contributed by atoms with Gasteiger partial charge in [-0.15, -0.1) is 0 Å². The normalized spacial score (nSPS) is 10.6. The van der Waals surface area contributed by atoms with Crippen LogP contribution >= 0.6 is 0 Å². The molecule has 0 aliphatic carbocycles. The van der Waals surface area contributed by atoms with Crippen LogP contribution in [0.25, 0.3) is 0 Å². The molecule has 104 valence electrons. The first-order valence-corrected chi connectivity index (χ1v) is 6.72. The SMILES string of the molecule is COc1cc(CCC#N)c(OS(N)(=O)=O)cc1OC. The van der Waals surface area contributed by atoms with E-state index in [2.05, 4.69) is 4.18 Å². The Morgan fingerprint density at radius 1 is 1.21 bits per heavy atom. The predicted octanol–water partition coefficient (Wildman–Crippen LogP) is 0.742. The molecule has 0 unspecified atom stereocenters. The molecule has 2 N–H and O–H groups in total. The molecule has 0 aliphatic heterocycles. The molecule has 0 spiro atoms. The Labute approximate surface area is 111 Å². The second-order valence-corrected chi connectivity index (χ2v) is 4.70. The van der Waals surface area contributed by atoms with E-state index in [4.69, 9.17) is 19.9 Å². The Bertz CT molecular complexity index is 592. The maximum Gasteiger partial charge on any atom is 0.380 e. The lowest BCUT2D eigenvalue weighted by atomic mass is 10.1. The van der Waals surface area contributed by atoms with Gasteiger partial charge in [-0.2, -0.15) is 18.8 Å². The van der Waals surface area contributed by atoms with Crippen molar-refractivity contribution in [1.29, 1.82) is 5.26 Å². The maximum atomic E-state index is 11.0. The molecular weight excluding hydrogens is 272 g/mol. The van der Waals surface area contributed by atoms with E-state index in [1.807, 2.05) is 6.07 Å². The molecule has 0 saturated carbocycles. The minimum Gasteiger partial charge on any atom is -0.493 e. The molecule has 19 heavy (non-hydrogen) atoms. The van der Waals surface area contributed by atoms with Gasteiger partial charge in [-0.1, -0.05) is 0 Å². The highest BCUT2D eigenvalue weighted by Gasteiger charge is 2.16. The number of aryl methyl sites for hydroxylation is 1. The van der Waals surface area contributed by atoms with Gasteiger partial charge in [0.1, 0.15) is 0 Å². The van der Waals surface area contributed by atoms with Crippen molar-refractivity contribution < 1.29 is 22.1 Å². The van der Waals surface area contributed by atoms with E-state index in [-0.39, 0.29) is 12.2 Å². The average molecular weight is 286 g/mol. The molecule has 0 fully saturated rings. The lowest BCUT2D eigenvalue weighted by Crippen LogP contribution is -2.19. The van der Waals surface area contributed by atoms with Gasteiger partial charge in [0.05, 0.1) is 20.3 Å². The zero-order chi connectivity index (χ0) is 14.5. The summed E-state index contributed by atoms with van der Waals surface area (Å²) in [4.78, 5) is 0. The van der Waals surface area contributed by atoms with Crippen molar-refractivity contribution in [2.24, 2.45) is 5.14 Å². The third-order valence-electron chi connectivity index (χ3n) is 2.28. The van der Waals surface area contributed by atoms with Crippen LogP contribution in [0, 0.1) is 11.3 Å². The number of methoxy groups -OCH3 is 2. The summed E-state index contributed by atoms with van der Waals surface area (Å²) in [6.45, 7) is 0. The summed E-state index contributed by atoms with van der Waals surface area (Å²) in [6.07, 6.45) is 0.512. The molecule has 1 aromatic carbocycles. The number of rotatable bonds is 6. The Hall–Kier alpha value is -1.98. The van der Waals surface area contributed by atoms with Crippen molar-refractivity contribution in [3.05, 3.63) is 17.7 Å². The largest absolute Gasteiger partial charge is 0.493 e. The first kappa shape index (κ1) is 15.1. The summed E-state index contributed by atoms with van der Waals surface area (Å²) in [5.74, 6) is 0.745. The molecule has 7 nitrogen and oxygen atoms in total. The van der Waals surface area contributed by atoms with E-state index in [0.717, 1.165) is 0 Å². The van der Waals surface area contributed by atoms with Gasteiger partial charge in [0.2, 0.25) is 0 Å². The highest BCUT2D eigenvalue weighted by Crippen LogP contribution is 2.35. The van der Waals surface area contributed by atoms with Crippen LogP contribution in [0.15, 0.2) is 12.1 Å². The van der Waals surface area contributed by atoms with Gasteiger partial charge in [-0.3, -0.25) is 0 Å². The molecule has 0 aromatic heterocycles. The summed E-state index contributed by atoms with van der Waals surface area (Å²) >= 11 is 0. The van der Waals surface area contributed by atoms with Crippen molar-refractivity contribution in [2.75, 3.05) is 14.2 Å². The van der Waals surface area contributed by atoms with Crippen molar-refractivity contribution in [2.45, 2.75) is 12.8 Å². The lowest BCUT2D eigenvalue weighted by molar-refractivity contribution is 0.352. The van der Waals surface area contributed by atoms with Crippen LogP contribution in [0.1, 0.15) is 12.0 Å². The second-order valence-electron chi connectivity index (χ2n) is 3.55. The smallest absolute Gasteiger partial charge is 0.380 e. The minimum atomic E-state index is -4.15.